The van der Waals surface area contributed by atoms with Crippen molar-refractivity contribution in [2.45, 2.75) is 31.7 Å². The summed E-state index contributed by atoms with van der Waals surface area (Å²) in [4.78, 5) is 35.8. The summed E-state index contributed by atoms with van der Waals surface area (Å²) >= 11 is 5.79. The van der Waals surface area contributed by atoms with Gasteiger partial charge in [-0.15, -0.1) is 0 Å². The lowest BCUT2D eigenvalue weighted by atomic mass is 9.83. The number of Topliss-reactive ketones (excluding diaryl/α,β-unsaturated/α-hetero) is 1. The average molecular weight is 324 g/mol. The van der Waals surface area contributed by atoms with E-state index in [0.717, 1.165) is 6.42 Å². The Bertz CT molecular complexity index is 570. The van der Waals surface area contributed by atoms with Crippen LogP contribution in [0.15, 0.2) is 24.3 Å². The van der Waals surface area contributed by atoms with E-state index in [2.05, 4.69) is 5.32 Å². The molecule has 1 saturated carbocycles. The molecule has 118 valence electrons. The molecule has 0 radical (unpaired) electrons. The molecule has 6 heteroatoms. The summed E-state index contributed by atoms with van der Waals surface area (Å²) < 4.78 is 4.77. The van der Waals surface area contributed by atoms with Crippen LogP contribution >= 0.6 is 11.6 Å². The molecular weight excluding hydrogens is 306 g/mol. The predicted octanol–water partition coefficient (Wildman–Crippen LogP) is 2.37. The standard InChI is InChI=1S/C16H18ClNO4/c1-22-16(21)14(11-3-2-4-13(19)9-11)18-15(20)10-5-7-12(17)8-6-10/h5-8,11,14H,2-4,9H2,1H3,(H,18,20)/t11-,14+/m1/s1. The number of hydrogen-bond acceptors (Lipinski definition) is 4. The lowest BCUT2D eigenvalue weighted by Gasteiger charge is -2.28. The van der Waals surface area contributed by atoms with E-state index in [0.29, 0.717) is 29.8 Å². The van der Waals surface area contributed by atoms with E-state index >= 15 is 0 Å². The Morgan fingerprint density at radius 1 is 1.32 bits per heavy atom. The van der Waals surface area contributed by atoms with Crippen LogP contribution in [-0.4, -0.2) is 30.8 Å². The van der Waals surface area contributed by atoms with Gasteiger partial charge in [-0.25, -0.2) is 4.79 Å². The molecule has 1 fully saturated rings. The number of benzene rings is 1. The number of methoxy groups -OCH3 is 1. The molecule has 0 saturated heterocycles. The molecule has 5 nitrogen and oxygen atoms in total. The molecule has 0 bridgehead atoms. The molecule has 1 N–H and O–H groups in total. The normalized spacial score (nSPS) is 19.4. The second kappa shape index (κ2) is 7.40. The lowest BCUT2D eigenvalue weighted by molar-refractivity contribution is -0.145. The Hall–Kier alpha value is -1.88. The van der Waals surface area contributed by atoms with Gasteiger partial charge in [0, 0.05) is 23.4 Å². The number of hydrogen-bond donors (Lipinski definition) is 1. The van der Waals surface area contributed by atoms with Gasteiger partial charge in [-0.05, 0) is 43.0 Å². The molecule has 0 heterocycles. The Labute approximate surface area is 134 Å². The van der Waals surface area contributed by atoms with Crippen LogP contribution in [0.25, 0.3) is 0 Å². The molecule has 0 unspecified atom stereocenters. The first-order chi connectivity index (χ1) is 10.5. The van der Waals surface area contributed by atoms with Crippen LogP contribution in [0.1, 0.15) is 36.0 Å². The fourth-order valence-corrected chi connectivity index (χ4v) is 2.79. The average Bonchev–Trinajstić information content (AvgIpc) is 2.52. The Morgan fingerprint density at radius 3 is 2.59 bits per heavy atom. The minimum Gasteiger partial charge on any atom is -0.467 e. The number of halogens is 1. The Kier molecular flexibility index (Phi) is 5.55. The van der Waals surface area contributed by atoms with Crippen molar-refractivity contribution in [1.82, 2.24) is 5.32 Å². The maximum absolute atomic E-state index is 12.3. The molecule has 1 aromatic carbocycles. The van der Waals surface area contributed by atoms with Crippen molar-refractivity contribution >= 4 is 29.3 Å². The number of esters is 1. The SMILES string of the molecule is COC(=O)[C@@H](NC(=O)c1ccc(Cl)cc1)[C@@H]1CCCC(=O)C1. The summed E-state index contributed by atoms with van der Waals surface area (Å²) in [5, 5.41) is 3.21. The second-order valence-corrected chi connectivity index (χ2v) is 5.81. The molecular formula is C16H18ClNO4. The quantitative estimate of drug-likeness (QED) is 0.863. The molecule has 1 aromatic rings. The van der Waals surface area contributed by atoms with Crippen molar-refractivity contribution in [3.8, 4) is 0 Å². The molecule has 2 rings (SSSR count). The third-order valence-corrected chi connectivity index (χ3v) is 4.09. The van der Waals surface area contributed by atoms with Crippen molar-refractivity contribution in [2.24, 2.45) is 5.92 Å². The molecule has 0 aromatic heterocycles. The van der Waals surface area contributed by atoms with Crippen molar-refractivity contribution < 1.29 is 19.1 Å². The largest absolute Gasteiger partial charge is 0.467 e. The monoisotopic (exact) mass is 323 g/mol. The van der Waals surface area contributed by atoms with E-state index in [9.17, 15) is 14.4 Å². The van der Waals surface area contributed by atoms with E-state index in [4.69, 9.17) is 16.3 Å². The van der Waals surface area contributed by atoms with Crippen LogP contribution in [0, 0.1) is 5.92 Å². The van der Waals surface area contributed by atoms with Gasteiger partial charge in [-0.3, -0.25) is 9.59 Å². The third kappa shape index (κ3) is 4.07. The van der Waals surface area contributed by atoms with E-state index < -0.39 is 12.0 Å². The number of amides is 1. The number of nitrogens with one attached hydrogen (secondary N) is 1. The van der Waals surface area contributed by atoms with Gasteiger partial charge < -0.3 is 10.1 Å². The molecule has 0 aliphatic heterocycles. The fourth-order valence-electron chi connectivity index (χ4n) is 2.66. The van der Waals surface area contributed by atoms with Gasteiger partial charge in [-0.1, -0.05) is 11.6 Å². The molecule has 1 aliphatic carbocycles. The van der Waals surface area contributed by atoms with Crippen LogP contribution in [0.2, 0.25) is 5.02 Å². The Balaban J connectivity index is 2.12. The summed E-state index contributed by atoms with van der Waals surface area (Å²) in [6.45, 7) is 0. The zero-order valence-corrected chi connectivity index (χ0v) is 13.1. The van der Waals surface area contributed by atoms with Crippen molar-refractivity contribution in [3.05, 3.63) is 34.9 Å². The third-order valence-electron chi connectivity index (χ3n) is 3.84. The second-order valence-electron chi connectivity index (χ2n) is 5.38. The summed E-state index contributed by atoms with van der Waals surface area (Å²) in [5.41, 5.74) is 0.403. The fraction of sp³-hybridized carbons (Fsp3) is 0.438. The van der Waals surface area contributed by atoms with Crippen LogP contribution in [0.5, 0.6) is 0 Å². The highest BCUT2D eigenvalue weighted by atomic mass is 35.5. The first-order valence-electron chi connectivity index (χ1n) is 7.17. The smallest absolute Gasteiger partial charge is 0.328 e. The number of ether oxygens (including phenoxy) is 1. The maximum atomic E-state index is 12.3. The topological polar surface area (TPSA) is 72.5 Å². The highest BCUT2D eigenvalue weighted by Gasteiger charge is 2.34. The van der Waals surface area contributed by atoms with Crippen LogP contribution in [0.3, 0.4) is 0 Å². The van der Waals surface area contributed by atoms with Gasteiger partial charge in [0.1, 0.15) is 11.8 Å². The zero-order valence-electron chi connectivity index (χ0n) is 12.3. The van der Waals surface area contributed by atoms with Crippen LogP contribution in [-0.2, 0) is 14.3 Å². The number of ketones is 1. The number of rotatable bonds is 4. The summed E-state index contributed by atoms with van der Waals surface area (Å²) in [7, 11) is 1.27. The Morgan fingerprint density at radius 2 is 2.00 bits per heavy atom. The van der Waals surface area contributed by atoms with E-state index in [1.165, 1.54) is 7.11 Å². The van der Waals surface area contributed by atoms with Gasteiger partial charge in [0.2, 0.25) is 0 Å². The van der Waals surface area contributed by atoms with Crippen LogP contribution in [0.4, 0.5) is 0 Å². The van der Waals surface area contributed by atoms with Gasteiger partial charge >= 0.3 is 5.97 Å². The predicted molar refractivity (Wildman–Crippen MR) is 81.7 cm³/mol. The van der Waals surface area contributed by atoms with Gasteiger partial charge in [0.15, 0.2) is 0 Å². The van der Waals surface area contributed by atoms with Gasteiger partial charge in [-0.2, -0.15) is 0 Å². The summed E-state index contributed by atoms with van der Waals surface area (Å²) in [6.07, 6.45) is 2.27. The van der Waals surface area contributed by atoms with Crippen molar-refractivity contribution in [3.63, 3.8) is 0 Å². The first kappa shape index (κ1) is 16.5. The summed E-state index contributed by atoms with van der Waals surface area (Å²) in [5.74, 6) is -1.01. The highest BCUT2D eigenvalue weighted by Crippen LogP contribution is 2.25. The van der Waals surface area contributed by atoms with E-state index in [1.54, 1.807) is 24.3 Å². The molecule has 1 amide bonds. The molecule has 22 heavy (non-hydrogen) atoms. The molecule has 1 aliphatic rings. The highest BCUT2D eigenvalue weighted by molar-refractivity contribution is 6.30. The zero-order chi connectivity index (χ0) is 16.1. The van der Waals surface area contributed by atoms with Crippen molar-refractivity contribution in [1.29, 1.82) is 0 Å². The van der Waals surface area contributed by atoms with Crippen LogP contribution < -0.4 is 5.32 Å². The lowest BCUT2D eigenvalue weighted by Crippen LogP contribution is -2.48. The minimum atomic E-state index is -0.808. The van der Waals surface area contributed by atoms with Gasteiger partial charge in [0.05, 0.1) is 7.11 Å². The summed E-state index contributed by atoms with van der Waals surface area (Å²) in [6, 6.07) is 5.56. The number of carbonyl (C=O) groups is 3. The molecule has 2 atom stereocenters. The maximum Gasteiger partial charge on any atom is 0.328 e. The first-order valence-corrected chi connectivity index (χ1v) is 7.55. The minimum absolute atomic E-state index is 0.117. The van der Waals surface area contributed by atoms with Gasteiger partial charge in [0.25, 0.3) is 5.91 Å². The van der Waals surface area contributed by atoms with E-state index in [1.807, 2.05) is 0 Å². The molecule has 0 spiro atoms. The number of carbonyl (C=O) groups excluding carboxylic acids is 3. The van der Waals surface area contributed by atoms with Crippen molar-refractivity contribution in [2.75, 3.05) is 7.11 Å². The van der Waals surface area contributed by atoms with E-state index in [-0.39, 0.29) is 17.6 Å².